The van der Waals surface area contributed by atoms with E-state index in [4.69, 9.17) is 4.74 Å². The lowest BCUT2D eigenvalue weighted by atomic mass is 9.95. The van der Waals surface area contributed by atoms with E-state index in [0.717, 1.165) is 16.9 Å². The molecule has 1 aliphatic heterocycles. The molecule has 2 heterocycles. The van der Waals surface area contributed by atoms with Crippen LogP contribution in [0.4, 0.5) is 10.1 Å². The number of piperazine rings is 1. The molecule has 6 nitrogen and oxygen atoms in total. The molecule has 0 amide bonds. The Morgan fingerprint density at radius 2 is 1.73 bits per heavy atom. The Labute approximate surface area is 193 Å². The number of methoxy groups -OCH3 is 1. The number of para-hydroxylation sites is 1. The van der Waals surface area contributed by atoms with Crippen molar-refractivity contribution in [2.75, 3.05) is 38.2 Å². The van der Waals surface area contributed by atoms with Crippen molar-refractivity contribution in [3.8, 4) is 11.5 Å². The molecule has 3 aromatic rings. The first kappa shape index (κ1) is 22.9. The van der Waals surface area contributed by atoms with E-state index in [9.17, 15) is 14.3 Å². The first-order valence-electron chi connectivity index (χ1n) is 11.2. The molecule has 0 saturated carbocycles. The Bertz CT molecular complexity index is 1170. The van der Waals surface area contributed by atoms with Crippen molar-refractivity contribution in [3.05, 3.63) is 87.6 Å². The monoisotopic (exact) mass is 451 g/mol. The van der Waals surface area contributed by atoms with Crippen molar-refractivity contribution in [2.45, 2.75) is 26.4 Å². The number of rotatable bonds is 6. The van der Waals surface area contributed by atoms with E-state index in [1.54, 1.807) is 29.9 Å². The largest absolute Gasteiger partial charge is 0.507 e. The maximum Gasteiger partial charge on any atom is 0.259 e. The standard InChI is InChI=1S/C26H30FN3O3/c1-4-30-18(2)17-22(31)24(26(30)32)25(21-7-5-6-8-23(21)33-3)29-15-13-28(14-16-29)20-11-9-19(27)10-12-20/h5-12,17,25,31H,4,13-16H2,1-3H3. The van der Waals surface area contributed by atoms with Crippen molar-refractivity contribution in [2.24, 2.45) is 0 Å². The van der Waals surface area contributed by atoms with Crippen molar-refractivity contribution >= 4 is 5.69 Å². The molecule has 4 rings (SSSR count). The summed E-state index contributed by atoms with van der Waals surface area (Å²) in [7, 11) is 1.61. The number of halogens is 1. The van der Waals surface area contributed by atoms with E-state index < -0.39 is 6.04 Å². The summed E-state index contributed by atoms with van der Waals surface area (Å²) in [6.45, 7) is 7.04. The summed E-state index contributed by atoms with van der Waals surface area (Å²) in [5.74, 6) is 0.417. The van der Waals surface area contributed by atoms with Gasteiger partial charge in [0.2, 0.25) is 0 Å². The molecule has 1 atom stereocenters. The van der Waals surface area contributed by atoms with Crippen LogP contribution in [-0.2, 0) is 6.54 Å². The van der Waals surface area contributed by atoms with Crippen LogP contribution in [0, 0.1) is 12.7 Å². The molecule has 1 fully saturated rings. The first-order valence-corrected chi connectivity index (χ1v) is 11.2. The number of nitrogens with zero attached hydrogens (tertiary/aromatic N) is 3. The third kappa shape index (κ3) is 4.46. The van der Waals surface area contributed by atoms with Gasteiger partial charge in [0.05, 0.1) is 18.7 Å². The maximum atomic E-state index is 13.5. The number of hydrogen-bond donors (Lipinski definition) is 1. The summed E-state index contributed by atoms with van der Waals surface area (Å²) >= 11 is 0. The van der Waals surface area contributed by atoms with Gasteiger partial charge in [0.15, 0.2) is 0 Å². The van der Waals surface area contributed by atoms with Crippen LogP contribution < -0.4 is 15.2 Å². The third-order valence-electron chi connectivity index (χ3n) is 6.42. The Balaban J connectivity index is 1.74. The minimum absolute atomic E-state index is 0.000861. The molecule has 0 radical (unpaired) electrons. The second-order valence-electron chi connectivity index (χ2n) is 8.28. The lowest BCUT2D eigenvalue weighted by Crippen LogP contribution is -2.49. The van der Waals surface area contributed by atoms with Crippen LogP contribution in [0.1, 0.15) is 29.8 Å². The topological polar surface area (TPSA) is 57.9 Å². The Morgan fingerprint density at radius 3 is 2.36 bits per heavy atom. The molecular weight excluding hydrogens is 421 g/mol. The fourth-order valence-electron chi connectivity index (χ4n) is 4.74. The molecule has 1 saturated heterocycles. The highest BCUT2D eigenvalue weighted by molar-refractivity contribution is 5.48. The normalized spacial score (nSPS) is 15.5. The van der Waals surface area contributed by atoms with E-state index >= 15 is 0 Å². The van der Waals surface area contributed by atoms with Crippen LogP contribution in [0.5, 0.6) is 11.5 Å². The second kappa shape index (κ2) is 9.67. The Kier molecular flexibility index (Phi) is 6.70. The number of benzene rings is 2. The van der Waals surface area contributed by atoms with Crippen LogP contribution in [-0.4, -0.2) is 47.9 Å². The van der Waals surface area contributed by atoms with Gasteiger partial charge < -0.3 is 19.3 Å². The summed E-state index contributed by atoms with van der Waals surface area (Å²) in [6.07, 6.45) is 0. The van der Waals surface area contributed by atoms with Crippen LogP contribution >= 0.6 is 0 Å². The van der Waals surface area contributed by atoms with Gasteiger partial charge in [0, 0.05) is 49.7 Å². The Hall–Kier alpha value is -3.32. The Morgan fingerprint density at radius 1 is 1.06 bits per heavy atom. The molecule has 174 valence electrons. The van der Waals surface area contributed by atoms with Crippen molar-refractivity contribution in [1.82, 2.24) is 9.47 Å². The summed E-state index contributed by atoms with van der Waals surface area (Å²) in [5.41, 5.74) is 2.71. The molecule has 0 bridgehead atoms. The number of hydrogen-bond acceptors (Lipinski definition) is 5. The van der Waals surface area contributed by atoms with Gasteiger partial charge >= 0.3 is 0 Å². The quantitative estimate of drug-likeness (QED) is 0.615. The fourth-order valence-corrected chi connectivity index (χ4v) is 4.74. The maximum absolute atomic E-state index is 13.5. The van der Waals surface area contributed by atoms with Gasteiger partial charge in [0.1, 0.15) is 17.3 Å². The fraction of sp³-hybridized carbons (Fsp3) is 0.346. The van der Waals surface area contributed by atoms with Crippen molar-refractivity contribution < 1.29 is 14.2 Å². The lowest BCUT2D eigenvalue weighted by Gasteiger charge is -2.40. The molecule has 33 heavy (non-hydrogen) atoms. The number of anilines is 1. The van der Waals surface area contributed by atoms with Gasteiger partial charge in [-0.3, -0.25) is 9.69 Å². The SMILES string of the molecule is CCn1c(C)cc(O)c(C(c2ccccc2OC)N2CCN(c3ccc(F)cc3)CC2)c1=O. The molecular formula is C26H30FN3O3. The summed E-state index contributed by atoms with van der Waals surface area (Å²) < 4.78 is 20.7. The van der Waals surface area contributed by atoms with Crippen LogP contribution in [0.15, 0.2) is 59.4 Å². The van der Waals surface area contributed by atoms with Gasteiger partial charge in [-0.15, -0.1) is 0 Å². The van der Waals surface area contributed by atoms with Crippen LogP contribution in [0.25, 0.3) is 0 Å². The van der Waals surface area contributed by atoms with Gasteiger partial charge in [-0.25, -0.2) is 4.39 Å². The minimum atomic E-state index is -0.456. The molecule has 0 spiro atoms. The van der Waals surface area contributed by atoms with E-state index in [1.807, 2.05) is 38.1 Å². The van der Waals surface area contributed by atoms with E-state index in [0.29, 0.717) is 44.0 Å². The predicted molar refractivity (Wildman–Crippen MR) is 128 cm³/mol. The molecule has 2 aromatic carbocycles. The van der Waals surface area contributed by atoms with Crippen molar-refractivity contribution in [1.29, 1.82) is 0 Å². The zero-order valence-corrected chi connectivity index (χ0v) is 19.3. The van der Waals surface area contributed by atoms with E-state index in [1.165, 1.54) is 12.1 Å². The number of aromatic nitrogens is 1. The summed E-state index contributed by atoms with van der Waals surface area (Å²) in [4.78, 5) is 17.9. The highest BCUT2D eigenvalue weighted by Gasteiger charge is 2.33. The molecule has 1 aromatic heterocycles. The van der Waals surface area contributed by atoms with Gasteiger partial charge in [-0.2, -0.15) is 0 Å². The average Bonchev–Trinajstić information content (AvgIpc) is 2.82. The van der Waals surface area contributed by atoms with E-state index in [2.05, 4.69) is 9.80 Å². The lowest BCUT2D eigenvalue weighted by molar-refractivity contribution is 0.204. The third-order valence-corrected chi connectivity index (χ3v) is 6.42. The number of aryl methyl sites for hydroxylation is 1. The highest BCUT2D eigenvalue weighted by atomic mass is 19.1. The number of ether oxygens (including phenoxy) is 1. The van der Waals surface area contributed by atoms with Crippen LogP contribution in [0.2, 0.25) is 0 Å². The van der Waals surface area contributed by atoms with Gasteiger partial charge in [0.25, 0.3) is 5.56 Å². The number of pyridine rings is 1. The first-order chi connectivity index (χ1) is 15.9. The second-order valence-corrected chi connectivity index (χ2v) is 8.28. The molecule has 0 aliphatic carbocycles. The zero-order valence-electron chi connectivity index (χ0n) is 19.3. The molecule has 1 aliphatic rings. The zero-order chi connectivity index (χ0) is 23.5. The summed E-state index contributed by atoms with van der Waals surface area (Å²) in [6, 6.07) is 15.4. The minimum Gasteiger partial charge on any atom is -0.507 e. The van der Waals surface area contributed by atoms with Crippen LogP contribution in [0.3, 0.4) is 0 Å². The smallest absolute Gasteiger partial charge is 0.259 e. The summed E-state index contributed by atoms with van der Waals surface area (Å²) in [5, 5.41) is 10.9. The molecule has 1 unspecified atom stereocenters. The predicted octanol–water partition coefficient (Wildman–Crippen LogP) is 3.94. The van der Waals surface area contributed by atoms with Gasteiger partial charge in [-0.05, 0) is 50.2 Å². The van der Waals surface area contributed by atoms with Crippen molar-refractivity contribution in [3.63, 3.8) is 0 Å². The molecule has 7 heteroatoms. The van der Waals surface area contributed by atoms with Gasteiger partial charge in [-0.1, -0.05) is 18.2 Å². The number of aromatic hydroxyl groups is 1. The highest BCUT2D eigenvalue weighted by Crippen LogP contribution is 2.38. The van der Waals surface area contributed by atoms with E-state index in [-0.39, 0.29) is 17.1 Å². The average molecular weight is 452 g/mol. The molecule has 1 N–H and O–H groups in total.